The number of hydrogen-bond acceptors (Lipinski definition) is 2. The van der Waals surface area contributed by atoms with Gasteiger partial charge in [-0.15, -0.1) is 0 Å². The lowest BCUT2D eigenvalue weighted by Crippen LogP contribution is -2.35. The summed E-state index contributed by atoms with van der Waals surface area (Å²) in [5.74, 6) is -0.706. The maximum absolute atomic E-state index is 12.6. The molecule has 0 radical (unpaired) electrons. The molecule has 0 saturated carbocycles. The van der Waals surface area contributed by atoms with Gasteiger partial charge in [-0.2, -0.15) is 0 Å². The Morgan fingerprint density at radius 3 is 1.96 bits per heavy atom. The van der Waals surface area contributed by atoms with E-state index in [9.17, 15) is 9.59 Å². The normalized spacial score (nSPS) is 15.9. The number of aryl methyl sites for hydroxylation is 2. The smallest absolute Gasteiger partial charge is 0.267 e. The molecule has 24 heavy (non-hydrogen) atoms. The molecule has 0 aliphatic carbocycles. The zero-order chi connectivity index (χ0) is 17.1. The second-order valence-corrected chi connectivity index (χ2v) is 5.75. The lowest BCUT2D eigenvalue weighted by Gasteiger charge is -2.14. The van der Waals surface area contributed by atoms with E-state index in [-0.39, 0.29) is 17.4 Å². The van der Waals surface area contributed by atoms with Gasteiger partial charge < -0.3 is 0 Å². The number of nitrogens with one attached hydrogen (secondary N) is 1. The average Bonchev–Trinajstić information content (AvgIpc) is 2.90. The lowest BCUT2D eigenvalue weighted by molar-refractivity contribution is -0.117. The quantitative estimate of drug-likeness (QED) is 0.694. The van der Waals surface area contributed by atoms with Gasteiger partial charge in [0.05, 0.1) is 5.69 Å². The maximum Gasteiger partial charge on any atom is 0.282 e. The number of nitrogens with zero attached hydrogens (tertiary/aromatic N) is 1. The number of rotatable bonds is 4. The molecule has 1 fully saturated rings. The van der Waals surface area contributed by atoms with Crippen molar-refractivity contribution < 1.29 is 9.59 Å². The topological polar surface area (TPSA) is 49.4 Å². The third kappa shape index (κ3) is 3.08. The Hall–Kier alpha value is -2.88. The molecule has 3 rings (SSSR count). The van der Waals surface area contributed by atoms with Crippen molar-refractivity contribution in [2.75, 3.05) is 5.01 Å². The summed E-state index contributed by atoms with van der Waals surface area (Å²) in [7, 11) is 0. The van der Waals surface area contributed by atoms with Gasteiger partial charge in [-0.3, -0.25) is 15.0 Å². The number of carbonyl (C=O) groups is 2. The fourth-order valence-electron chi connectivity index (χ4n) is 2.64. The largest absolute Gasteiger partial charge is 0.282 e. The zero-order valence-electron chi connectivity index (χ0n) is 13.9. The molecule has 1 aliphatic heterocycles. The molecule has 2 amide bonds. The first kappa shape index (κ1) is 16.0. The monoisotopic (exact) mass is 320 g/mol. The molecular weight excluding hydrogens is 300 g/mol. The minimum Gasteiger partial charge on any atom is -0.267 e. The number of carbonyl (C=O) groups excluding carboxylic acids is 2. The summed E-state index contributed by atoms with van der Waals surface area (Å²) in [5.41, 5.74) is 6.69. The molecule has 0 aromatic heterocycles. The Bertz CT molecular complexity index is 789. The van der Waals surface area contributed by atoms with Crippen LogP contribution < -0.4 is 10.4 Å². The highest BCUT2D eigenvalue weighted by atomic mass is 16.2. The lowest BCUT2D eigenvalue weighted by atomic mass is 10.1. The number of hydrogen-bond donors (Lipinski definition) is 1. The Balaban J connectivity index is 1.86. The van der Waals surface area contributed by atoms with Crippen LogP contribution >= 0.6 is 0 Å². The van der Waals surface area contributed by atoms with Crippen molar-refractivity contribution >= 4 is 23.6 Å². The third-order valence-electron chi connectivity index (χ3n) is 4.19. The van der Waals surface area contributed by atoms with Gasteiger partial charge in [0, 0.05) is 0 Å². The van der Waals surface area contributed by atoms with Crippen molar-refractivity contribution in [3.63, 3.8) is 0 Å². The summed E-state index contributed by atoms with van der Waals surface area (Å²) < 4.78 is 0. The first-order valence-corrected chi connectivity index (χ1v) is 8.17. The van der Waals surface area contributed by atoms with E-state index >= 15 is 0 Å². The zero-order valence-corrected chi connectivity index (χ0v) is 13.9. The average molecular weight is 320 g/mol. The Labute approximate surface area is 141 Å². The van der Waals surface area contributed by atoms with Crippen LogP contribution in [0.1, 0.15) is 30.5 Å². The molecule has 1 aliphatic rings. The molecule has 0 unspecified atom stereocenters. The van der Waals surface area contributed by atoms with Crippen molar-refractivity contribution in [2.24, 2.45) is 0 Å². The van der Waals surface area contributed by atoms with E-state index in [0.29, 0.717) is 5.69 Å². The third-order valence-corrected chi connectivity index (χ3v) is 4.19. The van der Waals surface area contributed by atoms with E-state index in [1.165, 1.54) is 16.1 Å². The summed E-state index contributed by atoms with van der Waals surface area (Å²) in [6, 6.07) is 15.5. The summed E-state index contributed by atoms with van der Waals surface area (Å²) in [6.07, 6.45) is 3.52. The van der Waals surface area contributed by atoms with Crippen LogP contribution in [0.4, 0.5) is 5.69 Å². The minimum atomic E-state index is -0.376. The van der Waals surface area contributed by atoms with E-state index in [2.05, 4.69) is 19.3 Å². The molecule has 1 N–H and O–H groups in total. The molecule has 0 atom stereocenters. The van der Waals surface area contributed by atoms with Gasteiger partial charge in [-0.25, -0.2) is 5.01 Å². The predicted molar refractivity (Wildman–Crippen MR) is 95.2 cm³/mol. The van der Waals surface area contributed by atoms with Crippen LogP contribution in [0.25, 0.3) is 6.08 Å². The second-order valence-electron chi connectivity index (χ2n) is 5.75. The van der Waals surface area contributed by atoms with Gasteiger partial charge in [0.25, 0.3) is 11.8 Å². The summed E-state index contributed by atoms with van der Waals surface area (Å²) in [4.78, 5) is 24.7. The maximum atomic E-state index is 12.6. The fourth-order valence-corrected chi connectivity index (χ4v) is 2.64. The van der Waals surface area contributed by atoms with Crippen molar-refractivity contribution in [3.8, 4) is 0 Å². The van der Waals surface area contributed by atoms with Crippen LogP contribution in [-0.4, -0.2) is 11.8 Å². The molecule has 122 valence electrons. The molecule has 1 heterocycles. The molecule has 4 nitrogen and oxygen atoms in total. The van der Waals surface area contributed by atoms with Gasteiger partial charge in [0.15, 0.2) is 0 Å². The van der Waals surface area contributed by atoms with Crippen LogP contribution in [0.15, 0.2) is 54.1 Å². The highest BCUT2D eigenvalue weighted by Crippen LogP contribution is 2.22. The Morgan fingerprint density at radius 1 is 0.875 bits per heavy atom. The van der Waals surface area contributed by atoms with E-state index in [1.807, 2.05) is 48.5 Å². The minimum absolute atomic E-state index is 0.152. The van der Waals surface area contributed by atoms with E-state index in [4.69, 9.17) is 0 Å². The molecule has 0 bridgehead atoms. The predicted octanol–water partition coefficient (Wildman–Crippen LogP) is 3.27. The number of amides is 2. The van der Waals surface area contributed by atoms with Crippen molar-refractivity contribution in [3.05, 3.63) is 70.8 Å². The van der Waals surface area contributed by atoms with Crippen LogP contribution in [0.2, 0.25) is 0 Å². The van der Waals surface area contributed by atoms with E-state index < -0.39 is 0 Å². The summed E-state index contributed by atoms with van der Waals surface area (Å²) in [5, 5.41) is 1.30. The van der Waals surface area contributed by atoms with Crippen LogP contribution in [0.5, 0.6) is 0 Å². The van der Waals surface area contributed by atoms with E-state index in [0.717, 1.165) is 18.4 Å². The van der Waals surface area contributed by atoms with Gasteiger partial charge >= 0.3 is 0 Å². The number of anilines is 1. The van der Waals surface area contributed by atoms with Gasteiger partial charge in [-0.05, 0) is 47.7 Å². The molecule has 4 heteroatoms. The molecule has 2 aromatic rings. The van der Waals surface area contributed by atoms with Crippen molar-refractivity contribution in [1.82, 2.24) is 5.43 Å². The van der Waals surface area contributed by atoms with Crippen molar-refractivity contribution in [2.45, 2.75) is 26.7 Å². The van der Waals surface area contributed by atoms with Gasteiger partial charge in [-0.1, -0.05) is 50.2 Å². The summed E-state index contributed by atoms with van der Waals surface area (Å²) >= 11 is 0. The molecule has 2 aromatic carbocycles. The molecule has 1 saturated heterocycles. The first-order valence-electron chi connectivity index (χ1n) is 8.17. The van der Waals surface area contributed by atoms with Gasteiger partial charge in [0.1, 0.15) is 5.57 Å². The second kappa shape index (κ2) is 6.71. The number of hydrazine groups is 1. The van der Waals surface area contributed by atoms with Crippen LogP contribution in [0.3, 0.4) is 0 Å². The van der Waals surface area contributed by atoms with Crippen molar-refractivity contribution in [1.29, 1.82) is 0 Å². The molecular formula is C20H20N2O2. The number of benzene rings is 2. The highest BCUT2D eigenvalue weighted by Gasteiger charge is 2.34. The standard InChI is InChI=1S/C20H20N2O2/c1-3-14-5-7-16(8-6-14)13-18-19(23)21-22(20(18)24)17-11-9-15(4-2)10-12-17/h5-13H,3-4H2,1-2H3,(H,21,23)/b18-13+. The first-order chi connectivity index (χ1) is 11.6. The van der Waals surface area contributed by atoms with Crippen LogP contribution in [0, 0.1) is 0 Å². The van der Waals surface area contributed by atoms with Crippen LogP contribution in [-0.2, 0) is 22.4 Å². The Morgan fingerprint density at radius 2 is 1.42 bits per heavy atom. The molecule has 0 spiro atoms. The SMILES string of the molecule is CCc1ccc(/C=C2\C(=O)NN(c3ccc(CC)cc3)C2=O)cc1. The van der Waals surface area contributed by atoms with Gasteiger partial charge in [0.2, 0.25) is 0 Å². The summed E-state index contributed by atoms with van der Waals surface area (Å²) in [6.45, 7) is 4.16. The fraction of sp³-hybridized carbons (Fsp3) is 0.200. The van der Waals surface area contributed by atoms with E-state index in [1.54, 1.807) is 6.08 Å². The highest BCUT2D eigenvalue weighted by molar-refractivity contribution is 6.31. The Kier molecular flexibility index (Phi) is 4.47.